The minimum atomic E-state index is 0.131. The third-order valence-electron chi connectivity index (χ3n) is 4.30. The Hall–Kier alpha value is -2.57. The number of aromatic nitrogens is 1. The molecule has 0 fully saturated rings. The van der Waals surface area contributed by atoms with E-state index >= 15 is 0 Å². The second-order valence-electron chi connectivity index (χ2n) is 6.07. The summed E-state index contributed by atoms with van der Waals surface area (Å²) in [5.41, 5.74) is 3.20. The lowest BCUT2D eigenvalue weighted by molar-refractivity contribution is 0.323. The summed E-state index contributed by atoms with van der Waals surface area (Å²) in [5, 5.41) is 6.67. The Morgan fingerprint density at radius 1 is 1.00 bits per heavy atom. The van der Waals surface area contributed by atoms with Crippen LogP contribution in [0.1, 0.15) is 23.5 Å². The van der Waals surface area contributed by atoms with Gasteiger partial charge in [0.15, 0.2) is 11.5 Å². The number of rotatable bonds is 8. The Labute approximate surface area is 163 Å². The fourth-order valence-corrected chi connectivity index (χ4v) is 3.68. The zero-order chi connectivity index (χ0) is 19.2. The number of nitrogens with zero attached hydrogens (tertiary/aromatic N) is 1. The average molecular weight is 385 g/mol. The molecule has 0 radical (unpaired) electrons. The van der Waals surface area contributed by atoms with Crippen LogP contribution >= 0.6 is 11.3 Å². The number of nitrogens with one attached hydrogen (secondary N) is 1. The maximum absolute atomic E-state index is 5.42. The molecule has 0 aliphatic rings. The first-order valence-corrected chi connectivity index (χ1v) is 9.57. The van der Waals surface area contributed by atoms with Crippen molar-refractivity contribution >= 4 is 11.3 Å². The molecule has 0 saturated heterocycles. The van der Waals surface area contributed by atoms with Crippen molar-refractivity contribution in [2.24, 2.45) is 0 Å². The van der Waals surface area contributed by atoms with Gasteiger partial charge in [-0.2, -0.15) is 0 Å². The summed E-state index contributed by atoms with van der Waals surface area (Å²) in [4.78, 5) is 4.77. The highest BCUT2D eigenvalue weighted by Crippen LogP contribution is 2.38. The number of ether oxygens (including phenoxy) is 3. The van der Waals surface area contributed by atoms with Crippen molar-refractivity contribution in [1.82, 2.24) is 10.3 Å². The molecule has 2 aromatic carbocycles. The second-order valence-corrected chi connectivity index (χ2v) is 6.96. The Kier molecular flexibility index (Phi) is 6.32. The van der Waals surface area contributed by atoms with Gasteiger partial charge in [-0.15, -0.1) is 11.3 Å². The molecule has 6 heteroatoms. The van der Waals surface area contributed by atoms with Gasteiger partial charge in [-0.1, -0.05) is 30.3 Å². The summed E-state index contributed by atoms with van der Waals surface area (Å²) >= 11 is 1.67. The quantitative estimate of drug-likeness (QED) is 0.611. The van der Waals surface area contributed by atoms with E-state index in [1.807, 2.05) is 30.3 Å². The lowest BCUT2D eigenvalue weighted by atomic mass is 10.1. The monoisotopic (exact) mass is 384 g/mol. The molecule has 1 heterocycles. The molecule has 3 rings (SSSR count). The molecule has 0 saturated carbocycles. The number of hydrogen-bond donors (Lipinski definition) is 1. The third kappa shape index (κ3) is 4.40. The summed E-state index contributed by atoms with van der Waals surface area (Å²) in [5.74, 6) is 1.91. The van der Waals surface area contributed by atoms with Crippen LogP contribution < -0.4 is 19.5 Å². The van der Waals surface area contributed by atoms with Crippen molar-refractivity contribution in [2.45, 2.75) is 19.5 Å². The van der Waals surface area contributed by atoms with Crippen LogP contribution in [-0.2, 0) is 6.54 Å². The van der Waals surface area contributed by atoms with E-state index in [0.717, 1.165) is 21.8 Å². The molecule has 1 aromatic heterocycles. The van der Waals surface area contributed by atoms with Crippen molar-refractivity contribution in [1.29, 1.82) is 0 Å². The van der Waals surface area contributed by atoms with E-state index in [2.05, 4.69) is 29.8 Å². The molecule has 3 aromatic rings. The van der Waals surface area contributed by atoms with Gasteiger partial charge in [0.05, 0.1) is 33.1 Å². The van der Waals surface area contributed by atoms with Gasteiger partial charge in [-0.05, 0) is 24.6 Å². The number of methoxy groups -OCH3 is 3. The standard InChI is InChI=1S/C21H24N2O3S/c1-14(21-23-17(13-27-21)16-8-6-5-7-9-16)22-12-15-10-18(24-2)20(26-4)19(11-15)25-3/h5-11,13-14,22H,12H2,1-4H3. The third-order valence-corrected chi connectivity index (χ3v) is 5.33. The first-order valence-electron chi connectivity index (χ1n) is 8.69. The van der Waals surface area contributed by atoms with Gasteiger partial charge >= 0.3 is 0 Å². The number of thiazole rings is 1. The zero-order valence-electron chi connectivity index (χ0n) is 16.0. The maximum Gasteiger partial charge on any atom is 0.203 e. The van der Waals surface area contributed by atoms with E-state index in [1.54, 1.807) is 32.7 Å². The Morgan fingerprint density at radius 2 is 1.67 bits per heavy atom. The van der Waals surface area contributed by atoms with Crippen LogP contribution in [0.15, 0.2) is 47.8 Å². The first kappa shape index (κ1) is 19.2. The molecule has 5 nitrogen and oxygen atoms in total. The van der Waals surface area contributed by atoms with E-state index in [0.29, 0.717) is 23.8 Å². The van der Waals surface area contributed by atoms with Crippen molar-refractivity contribution in [3.63, 3.8) is 0 Å². The van der Waals surface area contributed by atoms with Crippen LogP contribution in [0.5, 0.6) is 17.2 Å². The van der Waals surface area contributed by atoms with Gasteiger partial charge in [0.25, 0.3) is 0 Å². The van der Waals surface area contributed by atoms with Gasteiger partial charge in [0, 0.05) is 17.5 Å². The van der Waals surface area contributed by atoms with Crippen LogP contribution in [0.2, 0.25) is 0 Å². The van der Waals surface area contributed by atoms with E-state index in [-0.39, 0.29) is 6.04 Å². The lowest BCUT2D eigenvalue weighted by Crippen LogP contribution is -2.18. The van der Waals surface area contributed by atoms with E-state index in [9.17, 15) is 0 Å². The summed E-state index contributed by atoms with van der Waals surface area (Å²) in [7, 11) is 4.85. The van der Waals surface area contributed by atoms with Gasteiger partial charge in [-0.3, -0.25) is 0 Å². The van der Waals surface area contributed by atoms with Gasteiger partial charge < -0.3 is 19.5 Å². The van der Waals surface area contributed by atoms with Gasteiger partial charge in [0.2, 0.25) is 5.75 Å². The Morgan fingerprint density at radius 3 is 2.26 bits per heavy atom. The highest BCUT2D eigenvalue weighted by molar-refractivity contribution is 7.10. The van der Waals surface area contributed by atoms with Crippen LogP contribution in [0.4, 0.5) is 0 Å². The smallest absolute Gasteiger partial charge is 0.203 e. The molecule has 1 unspecified atom stereocenters. The van der Waals surface area contributed by atoms with Gasteiger partial charge in [-0.25, -0.2) is 4.98 Å². The largest absolute Gasteiger partial charge is 0.493 e. The average Bonchev–Trinajstić information content (AvgIpc) is 3.22. The molecule has 142 valence electrons. The van der Waals surface area contributed by atoms with Crippen LogP contribution in [-0.4, -0.2) is 26.3 Å². The number of hydrogen-bond acceptors (Lipinski definition) is 6. The zero-order valence-corrected chi connectivity index (χ0v) is 16.8. The van der Waals surface area contributed by atoms with E-state index in [1.165, 1.54) is 0 Å². The maximum atomic E-state index is 5.42. The number of benzene rings is 2. The molecule has 0 aliphatic carbocycles. The van der Waals surface area contributed by atoms with Crippen molar-refractivity contribution in [3.8, 4) is 28.5 Å². The summed E-state index contributed by atoms with van der Waals surface area (Å²) in [6, 6.07) is 14.3. The fourth-order valence-electron chi connectivity index (χ4n) is 2.82. The molecule has 0 amide bonds. The highest BCUT2D eigenvalue weighted by atomic mass is 32.1. The predicted molar refractivity (Wildman–Crippen MR) is 109 cm³/mol. The van der Waals surface area contributed by atoms with E-state index < -0.39 is 0 Å². The molecular formula is C21H24N2O3S. The Bertz CT molecular complexity index is 855. The minimum Gasteiger partial charge on any atom is -0.493 e. The second kappa shape index (κ2) is 8.88. The molecular weight excluding hydrogens is 360 g/mol. The topological polar surface area (TPSA) is 52.6 Å². The minimum absolute atomic E-state index is 0.131. The molecule has 0 bridgehead atoms. The lowest BCUT2D eigenvalue weighted by Gasteiger charge is -2.16. The molecule has 27 heavy (non-hydrogen) atoms. The predicted octanol–water partition coefficient (Wildman–Crippen LogP) is 4.69. The molecule has 1 atom stereocenters. The molecule has 1 N–H and O–H groups in total. The molecule has 0 spiro atoms. The van der Waals surface area contributed by atoms with Crippen molar-refractivity contribution in [3.05, 3.63) is 58.4 Å². The van der Waals surface area contributed by atoms with Crippen LogP contribution in [0, 0.1) is 0 Å². The fraction of sp³-hybridized carbons (Fsp3) is 0.286. The summed E-state index contributed by atoms with van der Waals surface area (Å²) in [6.45, 7) is 2.78. The Balaban J connectivity index is 1.71. The van der Waals surface area contributed by atoms with Gasteiger partial charge in [0.1, 0.15) is 5.01 Å². The first-order chi connectivity index (χ1) is 13.2. The van der Waals surface area contributed by atoms with Crippen LogP contribution in [0.3, 0.4) is 0 Å². The van der Waals surface area contributed by atoms with Crippen molar-refractivity contribution in [2.75, 3.05) is 21.3 Å². The van der Waals surface area contributed by atoms with Crippen LogP contribution in [0.25, 0.3) is 11.3 Å². The van der Waals surface area contributed by atoms with Crippen molar-refractivity contribution < 1.29 is 14.2 Å². The summed E-state index contributed by atoms with van der Waals surface area (Å²) < 4.78 is 16.2. The summed E-state index contributed by atoms with van der Waals surface area (Å²) in [6.07, 6.45) is 0. The highest BCUT2D eigenvalue weighted by Gasteiger charge is 2.15. The normalized spacial score (nSPS) is 11.9. The molecule has 0 aliphatic heterocycles. The SMILES string of the molecule is COc1cc(CNC(C)c2nc(-c3ccccc3)cs2)cc(OC)c1OC. The van der Waals surface area contributed by atoms with E-state index in [4.69, 9.17) is 19.2 Å².